The second kappa shape index (κ2) is 11.8. The predicted octanol–water partition coefficient (Wildman–Crippen LogP) is 3.31. The van der Waals surface area contributed by atoms with Gasteiger partial charge < -0.3 is 20.0 Å². The third-order valence-corrected chi connectivity index (χ3v) is 4.74. The smallest absolute Gasteiger partial charge is 0.191 e. The number of anilines is 1. The van der Waals surface area contributed by atoms with Crippen LogP contribution in [0.1, 0.15) is 25.5 Å². The summed E-state index contributed by atoms with van der Waals surface area (Å²) in [7, 11) is 0. The van der Waals surface area contributed by atoms with Crippen molar-refractivity contribution in [1.82, 2.24) is 15.6 Å². The van der Waals surface area contributed by atoms with E-state index in [-0.39, 0.29) is 24.0 Å². The summed E-state index contributed by atoms with van der Waals surface area (Å²) in [6.07, 6.45) is 8.66. The fourth-order valence-corrected chi connectivity index (χ4v) is 3.25. The molecule has 0 radical (unpaired) electrons. The molecule has 2 aromatic rings. The van der Waals surface area contributed by atoms with E-state index in [9.17, 15) is 0 Å². The third-order valence-electron chi connectivity index (χ3n) is 4.74. The minimum atomic E-state index is 0. The normalized spacial score (nSPS) is 15.3. The summed E-state index contributed by atoms with van der Waals surface area (Å²) in [5.74, 6) is 2.54. The van der Waals surface area contributed by atoms with Crippen LogP contribution in [0.15, 0.2) is 52.3 Å². The first kappa shape index (κ1) is 21.5. The highest BCUT2D eigenvalue weighted by Gasteiger charge is 2.19. The topological polar surface area (TPSA) is 65.7 Å². The molecule has 6 nitrogen and oxygen atoms in total. The lowest BCUT2D eigenvalue weighted by molar-refractivity contribution is 0.414. The van der Waals surface area contributed by atoms with Gasteiger partial charge in [0.25, 0.3) is 0 Å². The van der Waals surface area contributed by atoms with Gasteiger partial charge in [0.15, 0.2) is 5.96 Å². The number of furan rings is 1. The molecule has 2 N–H and O–H groups in total. The molecule has 7 heteroatoms. The maximum atomic E-state index is 5.37. The van der Waals surface area contributed by atoms with E-state index in [2.05, 4.69) is 39.6 Å². The number of hydrogen-bond acceptors (Lipinski definition) is 4. The van der Waals surface area contributed by atoms with Crippen molar-refractivity contribution in [3.05, 3.63) is 48.7 Å². The monoisotopic (exact) mass is 483 g/mol. The summed E-state index contributed by atoms with van der Waals surface area (Å²) in [6.45, 7) is 6.84. The standard InChI is InChI=1S/C20H29N5O.HI/c1-2-22-20(23-12-7-19-4-3-15-26-19)24-16-17-8-13-25(14-9-17)18-5-10-21-11-6-18;/h3-6,10-11,15,17H,2,7-9,12-14,16H2,1H3,(H2,22,23,24);1H. The Balaban J connectivity index is 0.00000261. The number of aliphatic imine (C=N–C) groups is 1. The van der Waals surface area contributed by atoms with Crippen molar-refractivity contribution in [3.63, 3.8) is 0 Å². The Morgan fingerprint density at radius 2 is 2.00 bits per heavy atom. The van der Waals surface area contributed by atoms with E-state index in [0.29, 0.717) is 5.92 Å². The zero-order valence-electron chi connectivity index (χ0n) is 15.9. The summed E-state index contributed by atoms with van der Waals surface area (Å²) in [4.78, 5) is 11.3. The van der Waals surface area contributed by atoms with Gasteiger partial charge in [0, 0.05) is 57.2 Å². The lowest BCUT2D eigenvalue weighted by atomic mass is 9.97. The Kier molecular flexibility index (Phi) is 9.44. The van der Waals surface area contributed by atoms with Crippen LogP contribution in [0.4, 0.5) is 5.69 Å². The minimum absolute atomic E-state index is 0. The van der Waals surface area contributed by atoms with Crippen molar-refractivity contribution in [1.29, 1.82) is 0 Å². The molecule has 0 saturated carbocycles. The predicted molar refractivity (Wildman–Crippen MR) is 121 cm³/mol. The number of pyridine rings is 1. The van der Waals surface area contributed by atoms with Gasteiger partial charge in [0.05, 0.1) is 6.26 Å². The van der Waals surface area contributed by atoms with Gasteiger partial charge in [-0.05, 0) is 49.9 Å². The van der Waals surface area contributed by atoms with Crippen LogP contribution >= 0.6 is 24.0 Å². The third kappa shape index (κ3) is 7.04. The van der Waals surface area contributed by atoms with Gasteiger partial charge in [0.1, 0.15) is 5.76 Å². The molecule has 1 fully saturated rings. The zero-order valence-corrected chi connectivity index (χ0v) is 18.3. The molecule has 148 valence electrons. The molecule has 0 amide bonds. The van der Waals surface area contributed by atoms with Gasteiger partial charge in [-0.2, -0.15) is 0 Å². The van der Waals surface area contributed by atoms with Crippen LogP contribution in [0.3, 0.4) is 0 Å². The van der Waals surface area contributed by atoms with Gasteiger partial charge in [-0.3, -0.25) is 9.98 Å². The summed E-state index contributed by atoms with van der Waals surface area (Å²) < 4.78 is 5.37. The molecular weight excluding hydrogens is 453 g/mol. The summed E-state index contributed by atoms with van der Waals surface area (Å²) in [5.41, 5.74) is 1.27. The number of nitrogens with zero attached hydrogens (tertiary/aromatic N) is 3. The van der Waals surface area contributed by atoms with Crippen LogP contribution in [-0.2, 0) is 6.42 Å². The number of rotatable bonds is 7. The highest BCUT2D eigenvalue weighted by molar-refractivity contribution is 14.0. The van der Waals surface area contributed by atoms with Gasteiger partial charge >= 0.3 is 0 Å². The number of guanidine groups is 1. The number of halogens is 1. The molecule has 1 aliphatic heterocycles. The Morgan fingerprint density at radius 3 is 2.67 bits per heavy atom. The lowest BCUT2D eigenvalue weighted by Crippen LogP contribution is -2.39. The van der Waals surface area contributed by atoms with E-state index < -0.39 is 0 Å². The molecule has 0 spiro atoms. The second-order valence-electron chi connectivity index (χ2n) is 6.61. The Morgan fingerprint density at radius 1 is 1.22 bits per heavy atom. The second-order valence-corrected chi connectivity index (χ2v) is 6.61. The van der Waals surface area contributed by atoms with Crippen molar-refractivity contribution < 1.29 is 4.42 Å². The number of piperidine rings is 1. The van der Waals surface area contributed by atoms with Gasteiger partial charge in [0.2, 0.25) is 0 Å². The molecule has 1 aliphatic rings. The van der Waals surface area contributed by atoms with E-state index >= 15 is 0 Å². The van der Waals surface area contributed by atoms with Gasteiger partial charge in [-0.15, -0.1) is 24.0 Å². The van der Waals surface area contributed by atoms with Crippen LogP contribution < -0.4 is 15.5 Å². The first-order valence-corrected chi connectivity index (χ1v) is 9.54. The number of hydrogen-bond donors (Lipinski definition) is 2. The molecule has 0 bridgehead atoms. The van der Waals surface area contributed by atoms with E-state index in [0.717, 1.165) is 50.9 Å². The summed E-state index contributed by atoms with van der Waals surface area (Å²) in [5, 5.41) is 6.72. The quantitative estimate of drug-likeness (QED) is 0.360. The van der Waals surface area contributed by atoms with Crippen LogP contribution in [0.25, 0.3) is 0 Å². The van der Waals surface area contributed by atoms with Crippen molar-refractivity contribution in [2.75, 3.05) is 37.6 Å². The Bertz CT molecular complexity index is 654. The molecule has 3 heterocycles. The van der Waals surface area contributed by atoms with Crippen LogP contribution in [0.5, 0.6) is 0 Å². The first-order chi connectivity index (χ1) is 12.8. The van der Waals surface area contributed by atoms with Crippen LogP contribution in [0, 0.1) is 5.92 Å². The van der Waals surface area contributed by atoms with Crippen LogP contribution in [-0.4, -0.2) is 43.7 Å². The minimum Gasteiger partial charge on any atom is -0.469 e. The van der Waals surface area contributed by atoms with Crippen molar-refractivity contribution >= 4 is 35.6 Å². The fraction of sp³-hybridized carbons (Fsp3) is 0.500. The Labute approximate surface area is 178 Å². The van der Waals surface area contributed by atoms with Gasteiger partial charge in [-0.25, -0.2) is 0 Å². The maximum Gasteiger partial charge on any atom is 0.191 e. The van der Waals surface area contributed by atoms with E-state index in [1.54, 1.807) is 6.26 Å². The SMILES string of the molecule is CCNC(=NCC1CCN(c2ccncc2)CC1)NCCc1ccco1.I. The molecule has 0 aliphatic carbocycles. The van der Waals surface area contributed by atoms with E-state index in [1.165, 1.54) is 18.5 Å². The molecule has 0 atom stereocenters. The van der Waals surface area contributed by atoms with Crippen molar-refractivity contribution in [3.8, 4) is 0 Å². The van der Waals surface area contributed by atoms with Crippen molar-refractivity contribution in [2.45, 2.75) is 26.2 Å². The van der Waals surface area contributed by atoms with E-state index in [4.69, 9.17) is 9.41 Å². The Hall–Kier alpha value is -1.77. The number of nitrogens with one attached hydrogen (secondary N) is 2. The lowest BCUT2D eigenvalue weighted by Gasteiger charge is -2.33. The average Bonchev–Trinajstić information content (AvgIpc) is 3.21. The molecule has 0 aromatic carbocycles. The summed E-state index contributed by atoms with van der Waals surface area (Å²) >= 11 is 0. The van der Waals surface area contributed by atoms with E-state index in [1.807, 2.05) is 24.5 Å². The average molecular weight is 483 g/mol. The largest absolute Gasteiger partial charge is 0.469 e. The molecule has 27 heavy (non-hydrogen) atoms. The fourth-order valence-electron chi connectivity index (χ4n) is 3.25. The number of aromatic nitrogens is 1. The highest BCUT2D eigenvalue weighted by atomic mass is 127. The van der Waals surface area contributed by atoms with Gasteiger partial charge in [-0.1, -0.05) is 0 Å². The van der Waals surface area contributed by atoms with Crippen molar-refractivity contribution in [2.24, 2.45) is 10.9 Å². The maximum absolute atomic E-state index is 5.37. The summed E-state index contributed by atoms with van der Waals surface area (Å²) in [6, 6.07) is 8.10. The zero-order chi connectivity index (χ0) is 18.0. The molecule has 2 aromatic heterocycles. The van der Waals surface area contributed by atoms with Crippen LogP contribution in [0.2, 0.25) is 0 Å². The first-order valence-electron chi connectivity index (χ1n) is 9.54. The molecule has 3 rings (SSSR count). The highest BCUT2D eigenvalue weighted by Crippen LogP contribution is 2.22. The molecular formula is C20H30IN5O. The molecule has 0 unspecified atom stereocenters. The molecule has 1 saturated heterocycles.